The lowest BCUT2D eigenvalue weighted by molar-refractivity contribution is 0.144. The number of aliphatic hydroxyl groups is 1. The molecule has 0 spiro atoms. The molecule has 0 unspecified atom stereocenters. The number of thioether (sulfide) groups is 1. The van der Waals surface area contributed by atoms with Gasteiger partial charge < -0.3 is 19.4 Å². The molecule has 0 aliphatic rings. The second kappa shape index (κ2) is 9.51. The van der Waals surface area contributed by atoms with Crippen LogP contribution in [0.1, 0.15) is 29.4 Å². The molecule has 6 heteroatoms. The molecule has 1 aromatic heterocycles. The van der Waals surface area contributed by atoms with Gasteiger partial charge in [0.1, 0.15) is 12.4 Å². The Morgan fingerprint density at radius 2 is 1.59 bits per heavy atom. The van der Waals surface area contributed by atoms with Crippen LogP contribution in [0.5, 0.6) is 5.75 Å². The van der Waals surface area contributed by atoms with Crippen LogP contribution in [-0.4, -0.2) is 22.1 Å². The Balaban J connectivity index is 1.63. The highest BCUT2D eigenvalue weighted by Gasteiger charge is 2.29. The zero-order valence-corrected chi connectivity index (χ0v) is 18.5. The van der Waals surface area contributed by atoms with Crippen LogP contribution < -0.4 is 4.74 Å². The number of ether oxygens (including phenoxy) is 1. The Morgan fingerprint density at radius 3 is 2.16 bits per heavy atom. The molecule has 5 nitrogen and oxygen atoms in total. The fourth-order valence-electron chi connectivity index (χ4n) is 3.97. The molecule has 164 valence electrons. The highest BCUT2D eigenvalue weighted by atomic mass is 32.2. The summed E-state index contributed by atoms with van der Waals surface area (Å²) in [6.07, 6.45) is -0.752. The Labute approximate surface area is 190 Å². The van der Waals surface area contributed by atoms with Crippen LogP contribution in [0.25, 0.3) is 11.0 Å². The number of carbonyl (C=O) groups is 1. The summed E-state index contributed by atoms with van der Waals surface area (Å²) in [4.78, 5) is 11.0. The minimum Gasteiger partial charge on any atom is -0.454 e. The number of aliphatic hydroxyl groups excluding tert-OH is 1. The largest absolute Gasteiger partial charge is 0.511 e. The van der Waals surface area contributed by atoms with E-state index in [1.807, 2.05) is 30.0 Å². The van der Waals surface area contributed by atoms with Gasteiger partial charge in [0, 0.05) is 10.9 Å². The second-order valence-corrected chi connectivity index (χ2v) is 9.04. The molecule has 1 heterocycles. The summed E-state index contributed by atoms with van der Waals surface area (Å²) in [5.41, 5.74) is 3.64. The zero-order valence-electron chi connectivity index (χ0n) is 17.7. The van der Waals surface area contributed by atoms with Gasteiger partial charge in [-0.15, -0.1) is 11.8 Å². The predicted octanol–water partition coefficient (Wildman–Crippen LogP) is 6.22. The molecular formula is C26H24O5S. The van der Waals surface area contributed by atoms with Crippen molar-refractivity contribution >= 4 is 28.9 Å². The molecule has 0 aliphatic carbocycles. The summed E-state index contributed by atoms with van der Waals surface area (Å²) in [7, 11) is 0. The Hall–Kier alpha value is -3.22. The van der Waals surface area contributed by atoms with Gasteiger partial charge in [-0.3, -0.25) is 0 Å². The summed E-state index contributed by atoms with van der Waals surface area (Å²) in [6, 6.07) is 25.9. The van der Waals surface area contributed by atoms with E-state index in [2.05, 4.69) is 55.5 Å². The lowest BCUT2D eigenvalue weighted by atomic mass is 9.92. The number of carboxylic acid groups (broad SMARTS) is 1. The van der Waals surface area contributed by atoms with E-state index in [-0.39, 0.29) is 17.1 Å². The second-order valence-electron chi connectivity index (χ2n) is 7.53. The highest BCUT2D eigenvalue weighted by Crippen LogP contribution is 2.43. The molecule has 0 atom stereocenters. The average molecular weight is 449 g/mol. The molecule has 0 aliphatic heterocycles. The molecule has 4 aromatic rings. The van der Waals surface area contributed by atoms with E-state index in [1.165, 1.54) is 11.1 Å². The van der Waals surface area contributed by atoms with Crippen molar-refractivity contribution in [2.24, 2.45) is 0 Å². The third-order valence-electron chi connectivity index (χ3n) is 5.60. The lowest BCUT2D eigenvalue weighted by Crippen LogP contribution is -2.20. The van der Waals surface area contributed by atoms with E-state index in [4.69, 9.17) is 14.3 Å². The van der Waals surface area contributed by atoms with Gasteiger partial charge in [-0.1, -0.05) is 72.8 Å². The molecule has 32 heavy (non-hydrogen) atoms. The van der Waals surface area contributed by atoms with Gasteiger partial charge in [0.05, 0.1) is 4.75 Å². The van der Waals surface area contributed by atoms with Gasteiger partial charge in [-0.2, -0.15) is 0 Å². The quantitative estimate of drug-likeness (QED) is 0.246. The minimum absolute atomic E-state index is 0.127. The zero-order chi connectivity index (χ0) is 22.6. The van der Waals surface area contributed by atoms with Gasteiger partial charge in [-0.05, 0) is 36.3 Å². The molecule has 0 bridgehead atoms. The third-order valence-corrected chi connectivity index (χ3v) is 7.06. The van der Waals surface area contributed by atoms with Crippen molar-refractivity contribution in [1.29, 1.82) is 0 Å². The van der Waals surface area contributed by atoms with Crippen LogP contribution in [-0.2, 0) is 17.8 Å². The first-order valence-electron chi connectivity index (χ1n) is 10.3. The average Bonchev–Trinajstić information content (AvgIpc) is 3.18. The van der Waals surface area contributed by atoms with Gasteiger partial charge in [0.15, 0.2) is 11.3 Å². The normalized spacial score (nSPS) is 11.6. The number of aryl methyl sites for hydroxylation is 1. The molecule has 0 saturated carbocycles. The van der Waals surface area contributed by atoms with Crippen molar-refractivity contribution in [3.05, 3.63) is 101 Å². The number of furan rings is 1. The SMILES string of the molecule is CC(SCCc1c(CO)oc2c(OC(=O)O)cccc12)(c1ccccc1)c1ccccc1. The number of benzene rings is 3. The molecule has 0 amide bonds. The summed E-state index contributed by atoms with van der Waals surface area (Å²) >= 11 is 1.82. The van der Waals surface area contributed by atoms with Gasteiger partial charge in [0.25, 0.3) is 0 Å². The van der Waals surface area contributed by atoms with Crippen molar-refractivity contribution < 1.29 is 24.2 Å². The first-order chi connectivity index (χ1) is 15.5. The van der Waals surface area contributed by atoms with Gasteiger partial charge in [-0.25, -0.2) is 4.79 Å². The molecule has 0 fully saturated rings. The van der Waals surface area contributed by atoms with E-state index in [9.17, 15) is 9.90 Å². The lowest BCUT2D eigenvalue weighted by Gasteiger charge is -2.30. The molecular weight excluding hydrogens is 424 g/mol. The maximum absolute atomic E-state index is 11.0. The standard InChI is InChI=1S/C26H24O5S/c1-26(18-9-4-2-5-10-18,19-11-6-3-7-12-19)32-16-15-20-21-13-8-14-22(31-25(28)29)24(21)30-23(20)17-27/h2-14,27H,15-17H2,1H3,(H,28,29). The van der Waals surface area contributed by atoms with Crippen molar-refractivity contribution in [2.75, 3.05) is 5.75 Å². The first kappa shape index (κ1) is 22.0. The third kappa shape index (κ3) is 4.38. The Bertz CT molecular complexity index is 1160. The van der Waals surface area contributed by atoms with E-state index in [0.29, 0.717) is 17.8 Å². The monoisotopic (exact) mass is 448 g/mol. The fourth-order valence-corrected chi connectivity index (χ4v) is 5.29. The summed E-state index contributed by atoms with van der Waals surface area (Å²) in [5, 5.41) is 19.6. The molecule has 0 saturated heterocycles. The van der Waals surface area contributed by atoms with Gasteiger partial charge >= 0.3 is 6.16 Å². The van der Waals surface area contributed by atoms with E-state index in [1.54, 1.807) is 12.1 Å². The van der Waals surface area contributed by atoms with Crippen LogP contribution >= 0.6 is 11.8 Å². The van der Waals surface area contributed by atoms with Crippen molar-refractivity contribution in [2.45, 2.75) is 24.7 Å². The van der Waals surface area contributed by atoms with Crippen LogP contribution in [0.15, 0.2) is 83.3 Å². The van der Waals surface area contributed by atoms with Crippen LogP contribution in [0.2, 0.25) is 0 Å². The first-order valence-corrected chi connectivity index (χ1v) is 11.3. The van der Waals surface area contributed by atoms with Crippen molar-refractivity contribution in [1.82, 2.24) is 0 Å². The summed E-state index contributed by atoms with van der Waals surface area (Å²) in [5.74, 6) is 1.33. The number of rotatable bonds is 8. The minimum atomic E-state index is -1.40. The van der Waals surface area contributed by atoms with Gasteiger partial charge in [0.2, 0.25) is 0 Å². The highest BCUT2D eigenvalue weighted by molar-refractivity contribution is 8.00. The Kier molecular flexibility index (Phi) is 6.53. The molecule has 3 aromatic carbocycles. The van der Waals surface area contributed by atoms with Crippen molar-refractivity contribution in [3.63, 3.8) is 0 Å². The number of para-hydroxylation sites is 1. The molecule has 2 N–H and O–H groups in total. The van der Waals surface area contributed by atoms with Crippen molar-refractivity contribution in [3.8, 4) is 5.75 Å². The molecule has 0 radical (unpaired) electrons. The number of hydrogen-bond acceptors (Lipinski definition) is 5. The van der Waals surface area contributed by atoms with E-state index in [0.717, 1.165) is 16.7 Å². The smallest absolute Gasteiger partial charge is 0.454 e. The van der Waals surface area contributed by atoms with E-state index >= 15 is 0 Å². The summed E-state index contributed by atoms with van der Waals surface area (Å²) in [6.45, 7) is 1.96. The van der Waals surface area contributed by atoms with E-state index < -0.39 is 6.16 Å². The summed E-state index contributed by atoms with van der Waals surface area (Å²) < 4.78 is 10.4. The maximum atomic E-state index is 11.0. The maximum Gasteiger partial charge on any atom is 0.511 e. The predicted molar refractivity (Wildman–Crippen MR) is 126 cm³/mol. The van der Waals surface area contributed by atoms with Crippen LogP contribution in [0.4, 0.5) is 4.79 Å². The van der Waals surface area contributed by atoms with Crippen LogP contribution in [0.3, 0.4) is 0 Å². The number of fused-ring (bicyclic) bond motifs is 1. The molecule has 4 rings (SSSR count). The number of hydrogen-bond donors (Lipinski definition) is 2. The fraction of sp³-hybridized carbons (Fsp3) is 0.192. The Morgan fingerprint density at radius 1 is 0.969 bits per heavy atom. The van der Waals surface area contributed by atoms with Crippen LogP contribution in [0, 0.1) is 0 Å². The topological polar surface area (TPSA) is 79.9 Å².